The van der Waals surface area contributed by atoms with Crippen molar-refractivity contribution in [2.75, 3.05) is 12.4 Å². The number of methoxy groups -OCH3 is 1. The van der Waals surface area contributed by atoms with Gasteiger partial charge in [-0.2, -0.15) is 0 Å². The number of hydrogen-bond donors (Lipinski definition) is 2. The number of halogens is 1. The van der Waals surface area contributed by atoms with E-state index in [2.05, 4.69) is 20.8 Å². The third-order valence-corrected chi connectivity index (χ3v) is 3.90. The van der Waals surface area contributed by atoms with Crippen LogP contribution in [0.5, 0.6) is 5.75 Å². The van der Waals surface area contributed by atoms with Crippen LogP contribution in [0.15, 0.2) is 60.7 Å². The Morgan fingerprint density at radius 2 is 1.59 bits per heavy atom. The first-order chi connectivity index (χ1) is 13.1. The Balaban J connectivity index is 1.51. The van der Waals surface area contributed by atoms with E-state index in [0.717, 1.165) is 16.9 Å². The van der Waals surface area contributed by atoms with Gasteiger partial charge in [0.15, 0.2) is 5.69 Å². The first-order valence-electron chi connectivity index (χ1n) is 8.37. The normalized spacial score (nSPS) is 10.3. The second-order valence-electron chi connectivity index (χ2n) is 5.81. The van der Waals surface area contributed by atoms with Crippen molar-refractivity contribution < 1.29 is 13.9 Å². The molecule has 3 aromatic rings. The van der Waals surface area contributed by atoms with Crippen molar-refractivity contribution in [3.63, 3.8) is 0 Å². The van der Waals surface area contributed by atoms with Gasteiger partial charge in [-0.1, -0.05) is 24.3 Å². The molecule has 27 heavy (non-hydrogen) atoms. The molecule has 0 unspecified atom stereocenters. The number of nitrogens with zero attached hydrogens (tertiary/aromatic N) is 2. The average molecular weight is 366 g/mol. The molecule has 6 nitrogen and oxygen atoms in total. The van der Waals surface area contributed by atoms with Crippen LogP contribution in [0, 0.1) is 5.82 Å². The van der Waals surface area contributed by atoms with E-state index < -0.39 is 0 Å². The van der Waals surface area contributed by atoms with Gasteiger partial charge in [-0.25, -0.2) is 4.39 Å². The fourth-order valence-electron chi connectivity index (χ4n) is 2.36. The third-order valence-electron chi connectivity index (χ3n) is 3.90. The minimum Gasteiger partial charge on any atom is -0.497 e. The lowest BCUT2D eigenvalue weighted by atomic mass is 10.2. The molecular formula is C20H19FN4O2. The van der Waals surface area contributed by atoms with Crippen molar-refractivity contribution in [2.24, 2.45) is 0 Å². The molecule has 0 aliphatic carbocycles. The van der Waals surface area contributed by atoms with Crippen LogP contribution in [-0.2, 0) is 13.1 Å². The Morgan fingerprint density at radius 1 is 0.926 bits per heavy atom. The zero-order valence-corrected chi connectivity index (χ0v) is 14.8. The number of benzene rings is 2. The summed E-state index contributed by atoms with van der Waals surface area (Å²) in [6, 6.07) is 16.9. The van der Waals surface area contributed by atoms with E-state index >= 15 is 0 Å². The Bertz CT molecular complexity index is 881. The van der Waals surface area contributed by atoms with E-state index in [1.807, 2.05) is 24.3 Å². The van der Waals surface area contributed by atoms with E-state index in [1.54, 1.807) is 31.4 Å². The van der Waals surface area contributed by atoms with Crippen LogP contribution < -0.4 is 15.4 Å². The number of carbonyl (C=O) groups is 1. The lowest BCUT2D eigenvalue weighted by molar-refractivity contribution is 0.0945. The lowest BCUT2D eigenvalue weighted by Gasteiger charge is -2.07. The van der Waals surface area contributed by atoms with Gasteiger partial charge in [0.05, 0.1) is 7.11 Å². The van der Waals surface area contributed by atoms with Gasteiger partial charge in [0.25, 0.3) is 5.91 Å². The predicted octanol–water partition coefficient (Wildman–Crippen LogP) is 3.17. The van der Waals surface area contributed by atoms with Crippen molar-refractivity contribution in [3.05, 3.63) is 83.3 Å². The summed E-state index contributed by atoms with van der Waals surface area (Å²) in [5.74, 6) is 0.720. The first-order valence-corrected chi connectivity index (χ1v) is 8.37. The SMILES string of the molecule is COc1ccc(CNC(=O)c2ccc(NCc3ccc(F)cc3)nn2)cc1. The van der Waals surface area contributed by atoms with E-state index in [0.29, 0.717) is 18.9 Å². The molecule has 0 atom stereocenters. The van der Waals surface area contributed by atoms with E-state index in [1.165, 1.54) is 12.1 Å². The summed E-state index contributed by atoms with van der Waals surface area (Å²) in [5, 5.41) is 13.8. The molecule has 0 bridgehead atoms. The van der Waals surface area contributed by atoms with E-state index in [4.69, 9.17) is 4.74 Å². The van der Waals surface area contributed by atoms with Gasteiger partial charge in [-0.05, 0) is 47.5 Å². The van der Waals surface area contributed by atoms with Crippen LogP contribution in [0.3, 0.4) is 0 Å². The average Bonchev–Trinajstić information content (AvgIpc) is 2.72. The zero-order chi connectivity index (χ0) is 19.1. The Labute approximate surface area is 156 Å². The summed E-state index contributed by atoms with van der Waals surface area (Å²) in [4.78, 5) is 12.2. The Morgan fingerprint density at radius 3 is 2.22 bits per heavy atom. The predicted molar refractivity (Wildman–Crippen MR) is 99.9 cm³/mol. The van der Waals surface area contributed by atoms with Gasteiger partial charge in [0.2, 0.25) is 0 Å². The number of hydrogen-bond acceptors (Lipinski definition) is 5. The molecule has 1 aromatic heterocycles. The van der Waals surface area contributed by atoms with E-state index in [-0.39, 0.29) is 17.4 Å². The molecule has 0 saturated heterocycles. The van der Waals surface area contributed by atoms with Crippen molar-refractivity contribution in [1.29, 1.82) is 0 Å². The summed E-state index contributed by atoms with van der Waals surface area (Å²) in [6.45, 7) is 0.868. The van der Waals surface area contributed by atoms with E-state index in [9.17, 15) is 9.18 Å². The van der Waals surface area contributed by atoms with Crippen LogP contribution >= 0.6 is 0 Å². The molecule has 7 heteroatoms. The molecule has 138 valence electrons. The minimum absolute atomic E-state index is 0.232. The molecule has 2 N–H and O–H groups in total. The van der Waals surface area contributed by atoms with Crippen molar-refractivity contribution >= 4 is 11.7 Å². The minimum atomic E-state index is -0.302. The van der Waals surface area contributed by atoms with Crippen LogP contribution in [0.2, 0.25) is 0 Å². The van der Waals surface area contributed by atoms with Crippen LogP contribution in [-0.4, -0.2) is 23.2 Å². The number of anilines is 1. The molecule has 0 aliphatic rings. The summed E-state index contributed by atoms with van der Waals surface area (Å²) < 4.78 is 18.0. The number of amides is 1. The van der Waals surface area contributed by atoms with Crippen molar-refractivity contribution in [3.8, 4) is 5.75 Å². The molecule has 0 spiro atoms. The van der Waals surface area contributed by atoms with Gasteiger partial charge in [0, 0.05) is 13.1 Å². The summed E-state index contributed by atoms with van der Waals surface area (Å²) in [7, 11) is 1.60. The molecule has 1 amide bonds. The van der Waals surface area contributed by atoms with Gasteiger partial charge in [-0.15, -0.1) is 10.2 Å². The molecular weight excluding hydrogens is 347 g/mol. The summed E-state index contributed by atoms with van der Waals surface area (Å²) in [6.07, 6.45) is 0. The molecule has 2 aromatic carbocycles. The highest BCUT2D eigenvalue weighted by Gasteiger charge is 2.08. The largest absolute Gasteiger partial charge is 0.497 e. The standard InChI is InChI=1S/C20H19FN4O2/c1-27-17-8-4-15(5-9-17)13-23-20(26)18-10-11-19(25-24-18)22-12-14-2-6-16(21)7-3-14/h2-11H,12-13H2,1H3,(H,22,25)(H,23,26). The van der Waals surface area contributed by atoms with Gasteiger partial charge in [0.1, 0.15) is 17.4 Å². The number of ether oxygens (including phenoxy) is 1. The van der Waals surface area contributed by atoms with Gasteiger partial charge >= 0.3 is 0 Å². The van der Waals surface area contributed by atoms with Crippen LogP contribution in [0.4, 0.5) is 10.2 Å². The first kappa shape index (κ1) is 18.3. The highest BCUT2D eigenvalue weighted by atomic mass is 19.1. The van der Waals surface area contributed by atoms with Crippen molar-refractivity contribution in [2.45, 2.75) is 13.1 Å². The summed E-state index contributed by atoms with van der Waals surface area (Å²) in [5.41, 5.74) is 2.10. The molecule has 0 fully saturated rings. The maximum atomic E-state index is 12.9. The monoisotopic (exact) mass is 366 g/mol. The fraction of sp³-hybridized carbons (Fsp3) is 0.150. The molecule has 0 radical (unpaired) electrons. The fourth-order valence-corrected chi connectivity index (χ4v) is 2.36. The second-order valence-corrected chi connectivity index (χ2v) is 5.81. The van der Waals surface area contributed by atoms with Gasteiger partial charge < -0.3 is 15.4 Å². The number of rotatable bonds is 7. The van der Waals surface area contributed by atoms with Crippen LogP contribution in [0.25, 0.3) is 0 Å². The molecule has 3 rings (SSSR count). The Hall–Kier alpha value is -3.48. The molecule has 0 saturated carbocycles. The number of aromatic nitrogens is 2. The smallest absolute Gasteiger partial charge is 0.272 e. The molecule has 1 heterocycles. The maximum Gasteiger partial charge on any atom is 0.272 e. The zero-order valence-electron chi connectivity index (χ0n) is 14.8. The quantitative estimate of drug-likeness (QED) is 0.672. The number of carbonyl (C=O) groups excluding carboxylic acids is 1. The second kappa shape index (κ2) is 8.75. The van der Waals surface area contributed by atoms with Crippen molar-refractivity contribution in [1.82, 2.24) is 15.5 Å². The third kappa shape index (κ3) is 5.24. The summed E-state index contributed by atoms with van der Waals surface area (Å²) >= 11 is 0. The Kier molecular flexibility index (Phi) is 5.94. The molecule has 0 aliphatic heterocycles. The van der Waals surface area contributed by atoms with Crippen LogP contribution in [0.1, 0.15) is 21.6 Å². The van der Waals surface area contributed by atoms with Gasteiger partial charge in [-0.3, -0.25) is 4.79 Å². The highest BCUT2D eigenvalue weighted by Crippen LogP contribution is 2.11. The lowest BCUT2D eigenvalue weighted by Crippen LogP contribution is -2.24. The topological polar surface area (TPSA) is 76.1 Å². The number of nitrogens with one attached hydrogen (secondary N) is 2. The highest BCUT2D eigenvalue weighted by molar-refractivity contribution is 5.92. The maximum absolute atomic E-state index is 12.9.